The van der Waals surface area contributed by atoms with Gasteiger partial charge in [-0.3, -0.25) is 4.90 Å². The zero-order chi connectivity index (χ0) is 12.8. The van der Waals surface area contributed by atoms with E-state index in [2.05, 4.69) is 15.5 Å². The molecule has 6 nitrogen and oxygen atoms in total. The summed E-state index contributed by atoms with van der Waals surface area (Å²) in [4.78, 5) is 1.98. The van der Waals surface area contributed by atoms with Gasteiger partial charge in [0.15, 0.2) is 5.82 Å². The molecule has 0 atom stereocenters. The molecule has 6 heteroatoms. The minimum atomic E-state index is 0.136. The minimum Gasteiger partial charge on any atom is -0.395 e. The highest BCUT2D eigenvalue weighted by atomic mass is 16.3. The van der Waals surface area contributed by atoms with Gasteiger partial charge in [-0.05, 0) is 23.0 Å². The topological polar surface area (TPSA) is 67.1 Å². The SMILES string of the molecule is CN(CCO)Cc1nnnn1Cc1ccccc1. The molecule has 0 bridgehead atoms. The van der Waals surface area contributed by atoms with E-state index in [0.717, 1.165) is 11.4 Å². The number of likely N-dealkylation sites (N-methyl/N-ethyl adjacent to an activating group) is 1. The van der Waals surface area contributed by atoms with Crippen LogP contribution in [0.25, 0.3) is 0 Å². The van der Waals surface area contributed by atoms with Gasteiger partial charge in [-0.2, -0.15) is 0 Å². The number of hydrogen-bond acceptors (Lipinski definition) is 5. The number of aromatic nitrogens is 4. The smallest absolute Gasteiger partial charge is 0.165 e. The van der Waals surface area contributed by atoms with Crippen molar-refractivity contribution in [3.63, 3.8) is 0 Å². The molecule has 1 N–H and O–H groups in total. The Morgan fingerprint density at radius 3 is 2.78 bits per heavy atom. The van der Waals surface area contributed by atoms with Crippen LogP contribution in [0.5, 0.6) is 0 Å². The summed E-state index contributed by atoms with van der Waals surface area (Å²) in [6.45, 7) is 2.03. The van der Waals surface area contributed by atoms with Gasteiger partial charge in [0, 0.05) is 6.54 Å². The Hall–Kier alpha value is -1.79. The van der Waals surface area contributed by atoms with E-state index in [0.29, 0.717) is 19.6 Å². The highest BCUT2D eigenvalue weighted by Gasteiger charge is 2.09. The number of aliphatic hydroxyl groups is 1. The van der Waals surface area contributed by atoms with Crippen molar-refractivity contribution in [1.29, 1.82) is 0 Å². The first-order valence-corrected chi connectivity index (χ1v) is 5.88. The van der Waals surface area contributed by atoms with E-state index in [1.54, 1.807) is 4.68 Å². The van der Waals surface area contributed by atoms with Gasteiger partial charge in [0.25, 0.3) is 0 Å². The lowest BCUT2D eigenvalue weighted by atomic mass is 10.2. The highest BCUT2D eigenvalue weighted by molar-refractivity contribution is 5.14. The number of hydrogen-bond donors (Lipinski definition) is 1. The molecule has 2 rings (SSSR count). The van der Waals surface area contributed by atoms with Crippen LogP contribution in [0.15, 0.2) is 30.3 Å². The number of tetrazole rings is 1. The molecule has 0 aliphatic heterocycles. The molecule has 0 unspecified atom stereocenters. The summed E-state index contributed by atoms with van der Waals surface area (Å²) in [5.74, 6) is 0.801. The van der Waals surface area contributed by atoms with Gasteiger partial charge in [0.2, 0.25) is 0 Å². The zero-order valence-electron chi connectivity index (χ0n) is 10.4. The van der Waals surface area contributed by atoms with Crippen molar-refractivity contribution in [2.75, 3.05) is 20.2 Å². The lowest BCUT2D eigenvalue weighted by molar-refractivity contribution is 0.212. The van der Waals surface area contributed by atoms with Gasteiger partial charge < -0.3 is 5.11 Å². The molecule has 0 aliphatic carbocycles. The van der Waals surface area contributed by atoms with Crippen molar-refractivity contribution in [1.82, 2.24) is 25.1 Å². The average molecular weight is 247 g/mol. The van der Waals surface area contributed by atoms with E-state index in [9.17, 15) is 0 Å². The fraction of sp³-hybridized carbons (Fsp3) is 0.417. The molecule has 0 radical (unpaired) electrons. The number of rotatable bonds is 6. The van der Waals surface area contributed by atoms with Crippen LogP contribution in [0.4, 0.5) is 0 Å². The van der Waals surface area contributed by atoms with Crippen molar-refractivity contribution >= 4 is 0 Å². The maximum absolute atomic E-state index is 8.87. The second-order valence-electron chi connectivity index (χ2n) is 4.20. The van der Waals surface area contributed by atoms with Crippen LogP contribution in [-0.2, 0) is 13.1 Å². The molecule has 0 amide bonds. The quantitative estimate of drug-likeness (QED) is 0.787. The molecule has 18 heavy (non-hydrogen) atoms. The van der Waals surface area contributed by atoms with Crippen molar-refractivity contribution in [2.24, 2.45) is 0 Å². The number of nitrogens with zero attached hydrogens (tertiary/aromatic N) is 5. The van der Waals surface area contributed by atoms with E-state index in [1.165, 1.54) is 0 Å². The maximum Gasteiger partial charge on any atom is 0.165 e. The fourth-order valence-electron chi connectivity index (χ4n) is 1.71. The first-order chi connectivity index (χ1) is 8.79. The summed E-state index contributed by atoms with van der Waals surface area (Å²) in [6.07, 6.45) is 0. The fourth-order valence-corrected chi connectivity index (χ4v) is 1.71. The third kappa shape index (κ3) is 3.35. The molecule has 1 aromatic carbocycles. The van der Waals surface area contributed by atoms with E-state index < -0.39 is 0 Å². The van der Waals surface area contributed by atoms with Crippen LogP contribution in [0.1, 0.15) is 11.4 Å². The molecule has 0 fully saturated rings. The third-order valence-corrected chi connectivity index (χ3v) is 2.67. The first kappa shape index (κ1) is 12.7. The van der Waals surface area contributed by atoms with Crippen LogP contribution >= 0.6 is 0 Å². The van der Waals surface area contributed by atoms with E-state index >= 15 is 0 Å². The van der Waals surface area contributed by atoms with Crippen LogP contribution in [-0.4, -0.2) is 50.4 Å². The predicted molar refractivity (Wildman–Crippen MR) is 66.8 cm³/mol. The van der Waals surface area contributed by atoms with Gasteiger partial charge in [0.05, 0.1) is 19.7 Å². The average Bonchev–Trinajstić information content (AvgIpc) is 2.78. The Kier molecular flexibility index (Phi) is 4.38. The van der Waals surface area contributed by atoms with Crippen molar-refractivity contribution in [3.05, 3.63) is 41.7 Å². The van der Waals surface area contributed by atoms with Crippen LogP contribution in [0.2, 0.25) is 0 Å². The van der Waals surface area contributed by atoms with Gasteiger partial charge >= 0.3 is 0 Å². The Balaban J connectivity index is 2.04. The monoisotopic (exact) mass is 247 g/mol. The molecule has 96 valence electrons. The third-order valence-electron chi connectivity index (χ3n) is 2.67. The van der Waals surface area contributed by atoms with Gasteiger partial charge in [-0.15, -0.1) is 5.10 Å². The van der Waals surface area contributed by atoms with E-state index in [-0.39, 0.29) is 6.61 Å². The molecular weight excluding hydrogens is 230 g/mol. The standard InChI is InChI=1S/C12H17N5O/c1-16(7-8-18)10-12-13-14-15-17(12)9-11-5-3-2-4-6-11/h2-6,18H,7-10H2,1H3. The summed E-state index contributed by atoms with van der Waals surface area (Å²) >= 11 is 0. The zero-order valence-corrected chi connectivity index (χ0v) is 10.4. The normalized spacial score (nSPS) is 11.1. The number of benzene rings is 1. The maximum atomic E-state index is 8.87. The molecule has 1 aromatic heterocycles. The summed E-state index contributed by atoms with van der Waals surface area (Å²) in [5, 5.41) is 20.6. The van der Waals surface area contributed by atoms with Crippen LogP contribution in [0, 0.1) is 0 Å². The van der Waals surface area contributed by atoms with Gasteiger partial charge in [0.1, 0.15) is 0 Å². The number of aliphatic hydroxyl groups excluding tert-OH is 1. The molecule has 0 saturated carbocycles. The van der Waals surface area contributed by atoms with Crippen molar-refractivity contribution < 1.29 is 5.11 Å². The van der Waals surface area contributed by atoms with Crippen molar-refractivity contribution in [2.45, 2.75) is 13.1 Å². The molecular formula is C12H17N5O. The summed E-state index contributed by atoms with van der Waals surface area (Å²) in [5.41, 5.74) is 1.16. The van der Waals surface area contributed by atoms with E-state index in [1.807, 2.05) is 42.3 Å². The lowest BCUT2D eigenvalue weighted by Crippen LogP contribution is -2.24. The van der Waals surface area contributed by atoms with Crippen molar-refractivity contribution in [3.8, 4) is 0 Å². The largest absolute Gasteiger partial charge is 0.395 e. The van der Waals surface area contributed by atoms with Crippen LogP contribution in [0.3, 0.4) is 0 Å². The summed E-state index contributed by atoms with van der Waals surface area (Å²) in [6, 6.07) is 10.1. The summed E-state index contributed by atoms with van der Waals surface area (Å²) in [7, 11) is 1.93. The first-order valence-electron chi connectivity index (χ1n) is 5.88. The minimum absolute atomic E-state index is 0.136. The molecule has 2 aromatic rings. The molecule has 0 spiro atoms. The van der Waals surface area contributed by atoms with Gasteiger partial charge in [-0.1, -0.05) is 30.3 Å². The molecule has 0 aliphatic rings. The van der Waals surface area contributed by atoms with Crippen LogP contribution < -0.4 is 0 Å². The Morgan fingerprint density at radius 2 is 2.06 bits per heavy atom. The lowest BCUT2D eigenvalue weighted by Gasteiger charge is -2.14. The highest BCUT2D eigenvalue weighted by Crippen LogP contribution is 2.04. The Bertz CT molecular complexity index is 470. The molecule has 0 saturated heterocycles. The Morgan fingerprint density at radius 1 is 1.28 bits per heavy atom. The van der Waals surface area contributed by atoms with E-state index in [4.69, 9.17) is 5.11 Å². The second kappa shape index (κ2) is 6.23. The predicted octanol–water partition coefficient (Wildman–Crippen LogP) is 0.145. The molecule has 1 heterocycles. The summed E-state index contributed by atoms with van der Waals surface area (Å²) < 4.78 is 1.78. The Labute approximate surface area is 106 Å². The second-order valence-corrected chi connectivity index (χ2v) is 4.20. The van der Waals surface area contributed by atoms with Gasteiger partial charge in [-0.25, -0.2) is 4.68 Å².